The van der Waals surface area contributed by atoms with E-state index in [4.69, 9.17) is 4.74 Å². The SMILES string of the molecule is CNC(C1CCC(C)CC1)C1CCN(C(=O)OC(C)(C)C)C1. The third-order valence-electron chi connectivity index (χ3n) is 5.29. The molecule has 1 heterocycles. The average molecular weight is 310 g/mol. The van der Waals surface area contributed by atoms with Gasteiger partial charge in [-0.1, -0.05) is 19.8 Å². The summed E-state index contributed by atoms with van der Waals surface area (Å²) >= 11 is 0. The molecule has 2 fully saturated rings. The van der Waals surface area contributed by atoms with E-state index in [9.17, 15) is 4.79 Å². The van der Waals surface area contributed by atoms with Gasteiger partial charge in [-0.2, -0.15) is 0 Å². The lowest BCUT2D eigenvalue weighted by Crippen LogP contribution is -2.43. The van der Waals surface area contributed by atoms with E-state index in [1.165, 1.54) is 25.7 Å². The third kappa shape index (κ3) is 4.61. The Kier molecular flexibility index (Phi) is 5.76. The maximum absolute atomic E-state index is 12.2. The zero-order valence-corrected chi connectivity index (χ0v) is 15.0. The Hall–Kier alpha value is -0.770. The molecule has 1 amide bonds. The normalized spacial score (nSPS) is 31.1. The molecule has 4 nitrogen and oxygen atoms in total. The summed E-state index contributed by atoms with van der Waals surface area (Å²) in [6.07, 6.45) is 6.31. The van der Waals surface area contributed by atoms with Crippen LogP contribution in [0.2, 0.25) is 0 Å². The lowest BCUT2D eigenvalue weighted by Gasteiger charge is -2.36. The minimum Gasteiger partial charge on any atom is -0.444 e. The second-order valence-electron chi connectivity index (χ2n) is 8.31. The Bertz CT molecular complexity index is 370. The first-order chi connectivity index (χ1) is 10.3. The van der Waals surface area contributed by atoms with E-state index < -0.39 is 5.60 Å². The molecule has 2 aliphatic rings. The Morgan fingerprint density at radius 3 is 2.32 bits per heavy atom. The smallest absolute Gasteiger partial charge is 0.410 e. The number of nitrogens with zero attached hydrogens (tertiary/aromatic N) is 1. The molecule has 2 atom stereocenters. The molecule has 0 aromatic carbocycles. The van der Waals surface area contributed by atoms with Crippen LogP contribution in [-0.2, 0) is 4.74 Å². The summed E-state index contributed by atoms with van der Waals surface area (Å²) in [5.41, 5.74) is -0.406. The van der Waals surface area contributed by atoms with E-state index in [-0.39, 0.29) is 6.09 Å². The van der Waals surface area contributed by atoms with Gasteiger partial charge < -0.3 is 15.0 Å². The fourth-order valence-electron chi connectivity index (χ4n) is 4.07. The highest BCUT2D eigenvalue weighted by Gasteiger charge is 2.37. The Balaban J connectivity index is 1.89. The minimum absolute atomic E-state index is 0.151. The molecule has 0 bridgehead atoms. The van der Waals surface area contributed by atoms with E-state index in [0.29, 0.717) is 12.0 Å². The van der Waals surface area contributed by atoms with Crippen molar-refractivity contribution >= 4 is 6.09 Å². The maximum Gasteiger partial charge on any atom is 0.410 e. The summed E-state index contributed by atoms with van der Waals surface area (Å²) < 4.78 is 5.51. The number of carbonyl (C=O) groups excluding carboxylic acids is 1. The predicted octanol–water partition coefficient (Wildman–Crippen LogP) is 3.66. The van der Waals surface area contributed by atoms with Crippen molar-refractivity contribution < 1.29 is 9.53 Å². The van der Waals surface area contributed by atoms with Gasteiger partial charge in [0.15, 0.2) is 0 Å². The van der Waals surface area contributed by atoms with Gasteiger partial charge in [-0.3, -0.25) is 0 Å². The molecule has 2 rings (SSSR count). The highest BCUT2D eigenvalue weighted by atomic mass is 16.6. The summed E-state index contributed by atoms with van der Waals surface area (Å²) in [6.45, 7) is 9.83. The Morgan fingerprint density at radius 1 is 1.14 bits per heavy atom. The summed E-state index contributed by atoms with van der Waals surface area (Å²) in [4.78, 5) is 14.1. The molecule has 0 aromatic rings. The highest BCUT2D eigenvalue weighted by molar-refractivity contribution is 5.68. The number of amides is 1. The molecule has 128 valence electrons. The molecular weight excluding hydrogens is 276 g/mol. The zero-order chi connectivity index (χ0) is 16.3. The second kappa shape index (κ2) is 7.20. The van der Waals surface area contributed by atoms with Crippen LogP contribution in [0.3, 0.4) is 0 Å². The van der Waals surface area contributed by atoms with Crippen LogP contribution in [0.25, 0.3) is 0 Å². The quantitative estimate of drug-likeness (QED) is 0.865. The van der Waals surface area contributed by atoms with Crippen molar-refractivity contribution in [2.45, 2.75) is 71.4 Å². The van der Waals surface area contributed by atoms with Crippen LogP contribution in [-0.4, -0.2) is 42.8 Å². The maximum atomic E-state index is 12.2. The van der Waals surface area contributed by atoms with Crippen LogP contribution in [0.15, 0.2) is 0 Å². The number of carbonyl (C=O) groups is 1. The van der Waals surface area contributed by atoms with E-state index in [1.807, 2.05) is 25.7 Å². The van der Waals surface area contributed by atoms with Gasteiger partial charge in [0.2, 0.25) is 0 Å². The summed E-state index contributed by atoms with van der Waals surface area (Å²) in [7, 11) is 2.08. The summed E-state index contributed by atoms with van der Waals surface area (Å²) in [6, 6.07) is 0.542. The standard InChI is InChI=1S/C18H34N2O2/c1-13-6-8-14(9-7-13)16(19-5)15-10-11-20(12-15)17(21)22-18(2,3)4/h13-16,19H,6-12H2,1-5H3. The predicted molar refractivity (Wildman–Crippen MR) is 89.9 cm³/mol. The fourth-order valence-corrected chi connectivity index (χ4v) is 4.07. The van der Waals surface area contributed by atoms with Gasteiger partial charge in [-0.05, 0) is 64.8 Å². The average Bonchev–Trinajstić information content (AvgIpc) is 2.89. The Morgan fingerprint density at radius 2 is 1.77 bits per heavy atom. The molecule has 2 unspecified atom stereocenters. The van der Waals surface area contributed by atoms with Gasteiger partial charge in [-0.25, -0.2) is 4.79 Å². The first kappa shape index (κ1) is 17.6. The largest absolute Gasteiger partial charge is 0.444 e. The number of hydrogen-bond acceptors (Lipinski definition) is 3. The van der Waals surface area contributed by atoms with E-state index >= 15 is 0 Å². The van der Waals surface area contributed by atoms with E-state index in [2.05, 4.69) is 19.3 Å². The van der Waals surface area contributed by atoms with Crippen molar-refractivity contribution in [3.8, 4) is 0 Å². The number of ether oxygens (including phenoxy) is 1. The zero-order valence-electron chi connectivity index (χ0n) is 15.0. The van der Waals surface area contributed by atoms with Crippen molar-refractivity contribution in [1.29, 1.82) is 0 Å². The van der Waals surface area contributed by atoms with Crippen molar-refractivity contribution in [1.82, 2.24) is 10.2 Å². The fraction of sp³-hybridized carbons (Fsp3) is 0.944. The van der Waals surface area contributed by atoms with Crippen LogP contribution in [0.4, 0.5) is 4.79 Å². The lowest BCUT2D eigenvalue weighted by atomic mass is 9.75. The lowest BCUT2D eigenvalue weighted by molar-refractivity contribution is 0.0282. The van der Waals surface area contributed by atoms with Crippen LogP contribution in [0.5, 0.6) is 0 Å². The number of likely N-dealkylation sites (tertiary alicyclic amines) is 1. The monoisotopic (exact) mass is 310 g/mol. The molecule has 1 saturated heterocycles. The Labute approximate surface area is 136 Å². The van der Waals surface area contributed by atoms with Gasteiger partial charge in [0.1, 0.15) is 5.60 Å². The van der Waals surface area contributed by atoms with Gasteiger partial charge in [0, 0.05) is 19.1 Å². The second-order valence-corrected chi connectivity index (χ2v) is 8.31. The summed E-state index contributed by atoms with van der Waals surface area (Å²) in [5.74, 6) is 2.22. The molecule has 1 N–H and O–H groups in total. The highest BCUT2D eigenvalue weighted by Crippen LogP contribution is 2.35. The molecule has 0 radical (unpaired) electrons. The van der Waals surface area contributed by atoms with Gasteiger partial charge in [0.05, 0.1) is 0 Å². The first-order valence-corrected chi connectivity index (χ1v) is 8.95. The van der Waals surface area contributed by atoms with Crippen molar-refractivity contribution in [3.05, 3.63) is 0 Å². The molecule has 0 spiro atoms. The van der Waals surface area contributed by atoms with Crippen molar-refractivity contribution in [2.75, 3.05) is 20.1 Å². The van der Waals surface area contributed by atoms with Crippen LogP contribution in [0, 0.1) is 17.8 Å². The minimum atomic E-state index is -0.406. The van der Waals surface area contributed by atoms with E-state index in [0.717, 1.165) is 31.3 Å². The number of hydrogen-bond donors (Lipinski definition) is 1. The third-order valence-corrected chi connectivity index (χ3v) is 5.29. The van der Waals surface area contributed by atoms with Crippen molar-refractivity contribution in [2.24, 2.45) is 17.8 Å². The van der Waals surface area contributed by atoms with Crippen molar-refractivity contribution in [3.63, 3.8) is 0 Å². The molecular formula is C18H34N2O2. The molecule has 0 aromatic heterocycles. The van der Waals surface area contributed by atoms with Gasteiger partial charge in [0.25, 0.3) is 0 Å². The van der Waals surface area contributed by atoms with Gasteiger partial charge in [-0.15, -0.1) is 0 Å². The number of nitrogens with one attached hydrogen (secondary N) is 1. The molecule has 1 saturated carbocycles. The van der Waals surface area contributed by atoms with E-state index in [1.54, 1.807) is 0 Å². The topological polar surface area (TPSA) is 41.6 Å². The van der Waals surface area contributed by atoms with Gasteiger partial charge >= 0.3 is 6.09 Å². The van der Waals surface area contributed by atoms with Crippen LogP contribution in [0.1, 0.15) is 59.8 Å². The van der Waals surface area contributed by atoms with Crippen LogP contribution < -0.4 is 5.32 Å². The molecule has 1 aliphatic heterocycles. The first-order valence-electron chi connectivity index (χ1n) is 8.95. The number of rotatable bonds is 3. The molecule has 22 heavy (non-hydrogen) atoms. The van der Waals surface area contributed by atoms with Crippen LogP contribution >= 0.6 is 0 Å². The summed E-state index contributed by atoms with van der Waals surface area (Å²) in [5, 5.41) is 3.56. The molecule has 1 aliphatic carbocycles. The molecule has 4 heteroatoms.